The second kappa shape index (κ2) is 6.11. The van der Waals surface area contributed by atoms with E-state index >= 15 is 0 Å². The van der Waals surface area contributed by atoms with Crippen LogP contribution < -0.4 is 0 Å². The third kappa shape index (κ3) is 3.76. The molecule has 0 radical (unpaired) electrons. The van der Waals surface area contributed by atoms with Gasteiger partial charge in [-0.25, -0.2) is 0 Å². The van der Waals surface area contributed by atoms with Gasteiger partial charge in [0.25, 0.3) is 5.69 Å². The number of hydrogen-bond acceptors (Lipinski definition) is 3. The first kappa shape index (κ1) is 17.1. The molecule has 0 spiro atoms. The van der Waals surface area contributed by atoms with Crippen LogP contribution in [0.2, 0.25) is 0 Å². The maximum absolute atomic E-state index is 11.5. The van der Waals surface area contributed by atoms with E-state index in [0.717, 1.165) is 22.3 Å². The Bertz CT molecular complexity index is 740. The quantitative estimate of drug-likeness (QED) is 0.436. The van der Waals surface area contributed by atoms with Crippen LogP contribution in [0.4, 0.5) is 5.69 Å². The predicted octanol–water partition coefficient (Wildman–Crippen LogP) is 5.35. The standard InChI is InChI=1S/C19H24N2O2/c1-12(2)14-8-7-13(3)18-16(9-14)15(10-17(18)21(22)23)11-20-19(4,5)6/h7-12H,1-6H3. The molecular formula is C19H24N2O2. The SMILES string of the molecule is Cc1ccc(C(C)C)cc2c(C=NC(C)(C)C)cc([N+](=O)[O-])c1-2. The minimum atomic E-state index is -0.307. The van der Waals surface area contributed by atoms with Crippen LogP contribution >= 0.6 is 0 Å². The van der Waals surface area contributed by atoms with E-state index in [1.807, 2.05) is 33.8 Å². The number of rotatable bonds is 3. The monoisotopic (exact) mass is 312 g/mol. The summed E-state index contributed by atoms with van der Waals surface area (Å²) in [4.78, 5) is 15.7. The Morgan fingerprint density at radius 3 is 2.39 bits per heavy atom. The molecular weight excluding hydrogens is 288 g/mol. The lowest BCUT2D eigenvalue weighted by Gasteiger charge is -2.10. The van der Waals surface area contributed by atoms with Gasteiger partial charge in [0.15, 0.2) is 0 Å². The Morgan fingerprint density at radius 1 is 1.22 bits per heavy atom. The summed E-state index contributed by atoms with van der Waals surface area (Å²) < 4.78 is 0. The Morgan fingerprint density at radius 2 is 1.87 bits per heavy atom. The lowest BCUT2D eigenvalue weighted by molar-refractivity contribution is -0.383. The third-order valence-corrected chi connectivity index (χ3v) is 3.81. The molecule has 0 amide bonds. The minimum absolute atomic E-state index is 0.152. The van der Waals surface area contributed by atoms with Crippen molar-refractivity contribution >= 4 is 11.9 Å². The molecule has 0 atom stereocenters. The normalized spacial score (nSPS) is 12.5. The Balaban J connectivity index is 2.76. The summed E-state index contributed by atoms with van der Waals surface area (Å²) in [6.45, 7) is 12.2. The lowest BCUT2D eigenvalue weighted by Crippen LogP contribution is -2.09. The van der Waals surface area contributed by atoms with Crippen LogP contribution in [0.5, 0.6) is 0 Å². The molecule has 2 rings (SSSR count). The van der Waals surface area contributed by atoms with Gasteiger partial charge in [-0.2, -0.15) is 0 Å². The van der Waals surface area contributed by atoms with Crippen LogP contribution in [0.15, 0.2) is 29.3 Å². The van der Waals surface area contributed by atoms with Crippen LogP contribution in [-0.2, 0) is 0 Å². The van der Waals surface area contributed by atoms with E-state index in [1.165, 1.54) is 0 Å². The summed E-state index contributed by atoms with van der Waals surface area (Å²) in [5.41, 5.74) is 4.42. The number of aliphatic imine (C=N–C) groups is 1. The molecule has 0 N–H and O–H groups in total. The van der Waals surface area contributed by atoms with Gasteiger partial charge in [0.1, 0.15) is 0 Å². The Hall–Kier alpha value is -2.23. The van der Waals surface area contributed by atoms with Crippen molar-refractivity contribution in [1.82, 2.24) is 0 Å². The van der Waals surface area contributed by atoms with E-state index in [1.54, 1.807) is 12.3 Å². The summed E-state index contributed by atoms with van der Waals surface area (Å²) >= 11 is 0. The number of hydrogen-bond donors (Lipinski definition) is 0. The first-order valence-corrected chi connectivity index (χ1v) is 7.87. The van der Waals surface area contributed by atoms with E-state index < -0.39 is 0 Å². The largest absolute Gasteiger partial charge is 0.287 e. The molecule has 0 fully saturated rings. The molecule has 0 aromatic rings. The van der Waals surface area contributed by atoms with Gasteiger partial charge in [0, 0.05) is 17.8 Å². The number of aryl methyl sites for hydroxylation is 1. The molecule has 2 aliphatic carbocycles. The van der Waals surface area contributed by atoms with Gasteiger partial charge in [0.05, 0.1) is 16.0 Å². The molecule has 0 saturated heterocycles. The molecule has 0 unspecified atom stereocenters. The maximum atomic E-state index is 11.5. The van der Waals surface area contributed by atoms with Crippen molar-refractivity contribution in [3.05, 3.63) is 51.1 Å². The van der Waals surface area contributed by atoms with E-state index in [-0.39, 0.29) is 16.1 Å². The van der Waals surface area contributed by atoms with Gasteiger partial charge < -0.3 is 0 Å². The zero-order chi connectivity index (χ0) is 17.4. The fourth-order valence-corrected chi connectivity index (χ4v) is 2.54. The smallest absolute Gasteiger partial charge is 0.278 e. The van der Waals surface area contributed by atoms with Crippen molar-refractivity contribution in [3.63, 3.8) is 0 Å². The molecule has 4 heteroatoms. The zero-order valence-corrected chi connectivity index (χ0v) is 14.7. The van der Waals surface area contributed by atoms with Crippen molar-refractivity contribution in [3.8, 4) is 11.1 Å². The molecule has 4 nitrogen and oxygen atoms in total. The second-order valence-electron chi connectivity index (χ2n) is 7.28. The molecule has 0 aromatic heterocycles. The molecule has 0 heterocycles. The number of fused-ring (bicyclic) bond motifs is 1. The van der Waals surface area contributed by atoms with Gasteiger partial charge in [-0.15, -0.1) is 0 Å². The average molecular weight is 312 g/mol. The second-order valence-corrected chi connectivity index (χ2v) is 7.28. The van der Waals surface area contributed by atoms with Crippen molar-refractivity contribution in [2.45, 2.75) is 53.0 Å². The van der Waals surface area contributed by atoms with Crippen molar-refractivity contribution < 1.29 is 4.92 Å². The maximum Gasteiger partial charge on any atom is 0.278 e. The topological polar surface area (TPSA) is 55.5 Å². The van der Waals surface area contributed by atoms with Crippen molar-refractivity contribution in [2.75, 3.05) is 0 Å². The van der Waals surface area contributed by atoms with Crippen LogP contribution in [0.3, 0.4) is 0 Å². The molecule has 2 aliphatic rings. The Labute approximate surface area is 137 Å². The highest BCUT2D eigenvalue weighted by molar-refractivity contribution is 5.98. The molecule has 0 aliphatic heterocycles. The minimum Gasteiger partial charge on any atom is -0.287 e. The van der Waals surface area contributed by atoms with Gasteiger partial charge in [-0.05, 0) is 56.4 Å². The van der Waals surface area contributed by atoms with Gasteiger partial charge in [0.2, 0.25) is 0 Å². The fourth-order valence-electron chi connectivity index (χ4n) is 2.54. The highest BCUT2D eigenvalue weighted by atomic mass is 16.6. The Kier molecular flexibility index (Phi) is 4.55. The molecule has 0 saturated carbocycles. The van der Waals surface area contributed by atoms with E-state index in [4.69, 9.17) is 0 Å². The number of nitro groups is 1. The molecule has 0 bridgehead atoms. The summed E-state index contributed by atoms with van der Waals surface area (Å²) in [6.07, 6.45) is 1.76. The first-order chi connectivity index (χ1) is 10.6. The lowest BCUT2D eigenvalue weighted by atomic mass is 10.0. The van der Waals surface area contributed by atoms with Crippen LogP contribution in [-0.4, -0.2) is 16.7 Å². The summed E-state index contributed by atoms with van der Waals surface area (Å²) in [5.74, 6) is 0.353. The van der Waals surface area contributed by atoms with Gasteiger partial charge >= 0.3 is 0 Å². The van der Waals surface area contributed by atoms with E-state index in [0.29, 0.717) is 11.5 Å². The summed E-state index contributed by atoms with van der Waals surface area (Å²) in [7, 11) is 0. The fraction of sp³-hybridized carbons (Fsp3) is 0.421. The van der Waals surface area contributed by atoms with E-state index in [2.05, 4.69) is 31.0 Å². The highest BCUT2D eigenvalue weighted by Gasteiger charge is 2.25. The predicted molar refractivity (Wildman–Crippen MR) is 95.9 cm³/mol. The third-order valence-electron chi connectivity index (χ3n) is 3.81. The van der Waals surface area contributed by atoms with Crippen LogP contribution in [0.25, 0.3) is 11.1 Å². The van der Waals surface area contributed by atoms with Gasteiger partial charge in [-0.1, -0.05) is 26.0 Å². The number of nitrogens with zero attached hydrogens (tertiary/aromatic N) is 2. The highest BCUT2D eigenvalue weighted by Crippen LogP contribution is 2.40. The van der Waals surface area contributed by atoms with E-state index in [9.17, 15) is 10.1 Å². The van der Waals surface area contributed by atoms with Crippen LogP contribution in [0.1, 0.15) is 57.2 Å². The molecule has 0 aromatic carbocycles. The zero-order valence-electron chi connectivity index (χ0n) is 14.7. The van der Waals surface area contributed by atoms with Crippen LogP contribution in [0, 0.1) is 17.0 Å². The van der Waals surface area contributed by atoms with Crippen molar-refractivity contribution in [1.29, 1.82) is 0 Å². The summed E-state index contributed by atoms with van der Waals surface area (Å²) in [5, 5.41) is 11.5. The van der Waals surface area contributed by atoms with Gasteiger partial charge in [-0.3, -0.25) is 15.1 Å². The average Bonchev–Trinajstić information content (AvgIpc) is 2.69. The first-order valence-electron chi connectivity index (χ1n) is 7.87. The van der Waals surface area contributed by atoms with Crippen molar-refractivity contribution in [2.24, 2.45) is 4.99 Å². The molecule has 122 valence electrons. The molecule has 23 heavy (non-hydrogen) atoms. The summed E-state index contributed by atoms with van der Waals surface area (Å²) in [6, 6.07) is 7.71.